The number of aliphatic imine (C=N–C) groups is 1. The quantitative estimate of drug-likeness (QED) is 0.460. The first-order chi connectivity index (χ1) is 12.4. The molecule has 1 saturated heterocycles. The molecule has 0 aromatic carbocycles. The van der Waals surface area contributed by atoms with Crippen molar-refractivity contribution >= 4 is 5.96 Å². The summed E-state index contributed by atoms with van der Waals surface area (Å²) < 4.78 is 0. The minimum atomic E-state index is 0.531. The van der Waals surface area contributed by atoms with Crippen molar-refractivity contribution in [2.24, 2.45) is 10.9 Å². The molecule has 1 heterocycles. The van der Waals surface area contributed by atoms with Crippen molar-refractivity contribution in [3.63, 3.8) is 0 Å². The van der Waals surface area contributed by atoms with Crippen LogP contribution in [0.2, 0.25) is 0 Å². The Bertz CT molecular complexity index is 382. The van der Waals surface area contributed by atoms with Crippen LogP contribution in [-0.2, 0) is 0 Å². The predicted molar refractivity (Wildman–Crippen MR) is 115 cm³/mol. The third-order valence-corrected chi connectivity index (χ3v) is 5.48. The fourth-order valence-corrected chi connectivity index (χ4v) is 3.89. The van der Waals surface area contributed by atoms with Crippen LogP contribution < -0.4 is 10.6 Å². The molecule has 0 spiro atoms. The summed E-state index contributed by atoms with van der Waals surface area (Å²) >= 11 is 0. The molecule has 1 rings (SSSR count). The Balaban J connectivity index is 2.65. The van der Waals surface area contributed by atoms with Crippen LogP contribution in [0.1, 0.15) is 67.7 Å². The summed E-state index contributed by atoms with van der Waals surface area (Å²) in [4.78, 5) is 10.1. The SMILES string of the molecule is CCNC(=NCC(CC(C)C)N(CC)CC)NC1CCN(C(C)C)CC1. The Hall–Kier alpha value is -0.810. The largest absolute Gasteiger partial charge is 0.357 e. The summed E-state index contributed by atoms with van der Waals surface area (Å²) in [6.45, 7) is 22.2. The fraction of sp³-hybridized carbons (Fsp3) is 0.952. The number of likely N-dealkylation sites (tertiary alicyclic amines) is 1. The van der Waals surface area contributed by atoms with Crippen LogP contribution in [-0.4, -0.2) is 73.2 Å². The van der Waals surface area contributed by atoms with Crippen molar-refractivity contribution in [2.75, 3.05) is 39.3 Å². The van der Waals surface area contributed by atoms with E-state index in [0.29, 0.717) is 24.0 Å². The number of hydrogen-bond donors (Lipinski definition) is 2. The van der Waals surface area contributed by atoms with Crippen LogP contribution >= 0.6 is 0 Å². The number of guanidine groups is 1. The summed E-state index contributed by atoms with van der Waals surface area (Å²) in [5.74, 6) is 1.70. The van der Waals surface area contributed by atoms with E-state index in [4.69, 9.17) is 4.99 Å². The van der Waals surface area contributed by atoms with Crippen molar-refractivity contribution in [3.8, 4) is 0 Å². The lowest BCUT2D eigenvalue weighted by molar-refractivity contribution is 0.167. The zero-order chi connectivity index (χ0) is 19.5. The summed E-state index contributed by atoms with van der Waals surface area (Å²) in [6.07, 6.45) is 3.61. The Morgan fingerprint density at radius 1 is 1.08 bits per heavy atom. The number of piperidine rings is 1. The maximum absolute atomic E-state index is 4.97. The second kappa shape index (κ2) is 12.6. The van der Waals surface area contributed by atoms with Gasteiger partial charge in [-0.2, -0.15) is 0 Å². The molecular formula is C21H45N5. The highest BCUT2D eigenvalue weighted by molar-refractivity contribution is 5.80. The van der Waals surface area contributed by atoms with Gasteiger partial charge in [-0.3, -0.25) is 9.89 Å². The summed E-state index contributed by atoms with van der Waals surface area (Å²) in [5.41, 5.74) is 0. The second-order valence-corrected chi connectivity index (χ2v) is 8.27. The lowest BCUT2D eigenvalue weighted by atomic mass is 10.0. The van der Waals surface area contributed by atoms with Crippen molar-refractivity contribution < 1.29 is 0 Å². The minimum Gasteiger partial charge on any atom is -0.357 e. The van der Waals surface area contributed by atoms with Crippen LogP contribution in [0, 0.1) is 5.92 Å². The molecular weight excluding hydrogens is 322 g/mol. The fourth-order valence-electron chi connectivity index (χ4n) is 3.89. The summed E-state index contributed by atoms with van der Waals surface area (Å²) in [7, 11) is 0. The molecule has 1 aliphatic heterocycles. The lowest BCUT2D eigenvalue weighted by Crippen LogP contribution is -2.50. The van der Waals surface area contributed by atoms with Gasteiger partial charge < -0.3 is 15.5 Å². The van der Waals surface area contributed by atoms with E-state index in [0.717, 1.165) is 32.1 Å². The Kier molecular flexibility index (Phi) is 11.2. The van der Waals surface area contributed by atoms with E-state index in [1.165, 1.54) is 32.4 Å². The number of nitrogens with zero attached hydrogens (tertiary/aromatic N) is 3. The van der Waals surface area contributed by atoms with Crippen molar-refractivity contribution in [3.05, 3.63) is 0 Å². The zero-order valence-electron chi connectivity index (χ0n) is 18.5. The summed E-state index contributed by atoms with van der Waals surface area (Å²) in [6, 6.07) is 1.73. The van der Waals surface area contributed by atoms with E-state index in [1.807, 2.05) is 0 Å². The topological polar surface area (TPSA) is 42.9 Å². The van der Waals surface area contributed by atoms with Gasteiger partial charge in [0.1, 0.15) is 0 Å². The van der Waals surface area contributed by atoms with Crippen molar-refractivity contribution in [2.45, 2.75) is 85.9 Å². The molecule has 154 valence electrons. The van der Waals surface area contributed by atoms with E-state index >= 15 is 0 Å². The van der Waals surface area contributed by atoms with Gasteiger partial charge in [0.05, 0.1) is 6.54 Å². The molecule has 2 N–H and O–H groups in total. The molecule has 0 aromatic rings. The third-order valence-electron chi connectivity index (χ3n) is 5.48. The predicted octanol–water partition coefficient (Wildman–Crippen LogP) is 3.17. The number of nitrogens with one attached hydrogen (secondary N) is 2. The van der Waals surface area contributed by atoms with Crippen LogP contribution in [0.4, 0.5) is 0 Å². The second-order valence-electron chi connectivity index (χ2n) is 8.27. The van der Waals surface area contributed by atoms with Gasteiger partial charge in [0.15, 0.2) is 5.96 Å². The standard InChI is InChI=1S/C21H45N5/c1-8-22-21(24-19-11-13-26(14-12-19)18(6)7)23-16-20(15-17(4)5)25(9-2)10-3/h17-20H,8-16H2,1-7H3,(H2,22,23,24). The molecule has 0 aromatic heterocycles. The maximum Gasteiger partial charge on any atom is 0.191 e. The normalized spacial score (nSPS) is 18.8. The molecule has 26 heavy (non-hydrogen) atoms. The highest BCUT2D eigenvalue weighted by Crippen LogP contribution is 2.14. The molecule has 1 aliphatic rings. The van der Waals surface area contributed by atoms with Gasteiger partial charge in [-0.05, 0) is 59.0 Å². The van der Waals surface area contributed by atoms with Gasteiger partial charge in [-0.25, -0.2) is 0 Å². The zero-order valence-corrected chi connectivity index (χ0v) is 18.5. The average molecular weight is 368 g/mol. The average Bonchev–Trinajstić information content (AvgIpc) is 2.60. The van der Waals surface area contributed by atoms with Gasteiger partial charge in [0.25, 0.3) is 0 Å². The Morgan fingerprint density at radius 2 is 1.69 bits per heavy atom. The number of hydrogen-bond acceptors (Lipinski definition) is 3. The Morgan fingerprint density at radius 3 is 2.15 bits per heavy atom. The first-order valence-corrected chi connectivity index (χ1v) is 10.9. The number of rotatable bonds is 10. The molecule has 5 heteroatoms. The van der Waals surface area contributed by atoms with Crippen LogP contribution in [0.15, 0.2) is 4.99 Å². The maximum atomic E-state index is 4.97. The molecule has 5 nitrogen and oxygen atoms in total. The van der Waals surface area contributed by atoms with Gasteiger partial charge in [-0.15, -0.1) is 0 Å². The van der Waals surface area contributed by atoms with E-state index in [-0.39, 0.29) is 0 Å². The van der Waals surface area contributed by atoms with E-state index in [9.17, 15) is 0 Å². The van der Waals surface area contributed by atoms with Gasteiger partial charge >= 0.3 is 0 Å². The molecule has 1 unspecified atom stereocenters. The van der Waals surface area contributed by atoms with E-state index in [1.54, 1.807) is 0 Å². The minimum absolute atomic E-state index is 0.531. The van der Waals surface area contributed by atoms with Gasteiger partial charge in [-0.1, -0.05) is 27.7 Å². The smallest absolute Gasteiger partial charge is 0.191 e. The molecule has 0 radical (unpaired) electrons. The molecule has 0 saturated carbocycles. The molecule has 0 bridgehead atoms. The first-order valence-electron chi connectivity index (χ1n) is 10.9. The number of likely N-dealkylation sites (N-methyl/N-ethyl adjacent to an activating group) is 1. The lowest BCUT2D eigenvalue weighted by Gasteiger charge is -2.35. The van der Waals surface area contributed by atoms with Crippen molar-refractivity contribution in [1.82, 2.24) is 20.4 Å². The summed E-state index contributed by atoms with van der Waals surface area (Å²) in [5, 5.41) is 7.15. The van der Waals surface area contributed by atoms with E-state index in [2.05, 4.69) is 68.9 Å². The van der Waals surface area contributed by atoms with Gasteiger partial charge in [0.2, 0.25) is 0 Å². The van der Waals surface area contributed by atoms with Crippen molar-refractivity contribution in [1.29, 1.82) is 0 Å². The highest BCUT2D eigenvalue weighted by Gasteiger charge is 2.22. The monoisotopic (exact) mass is 367 g/mol. The van der Waals surface area contributed by atoms with Crippen LogP contribution in [0.5, 0.6) is 0 Å². The first kappa shape index (κ1) is 23.2. The van der Waals surface area contributed by atoms with Gasteiger partial charge in [0, 0.05) is 37.8 Å². The highest BCUT2D eigenvalue weighted by atomic mass is 15.2. The molecule has 0 amide bonds. The Labute approximate surface area is 163 Å². The molecule has 1 atom stereocenters. The van der Waals surface area contributed by atoms with E-state index < -0.39 is 0 Å². The van der Waals surface area contributed by atoms with Crippen LogP contribution in [0.25, 0.3) is 0 Å². The van der Waals surface area contributed by atoms with Crippen LogP contribution in [0.3, 0.4) is 0 Å². The molecule has 0 aliphatic carbocycles. The third kappa shape index (κ3) is 8.26. The molecule has 1 fully saturated rings.